The molecule has 0 aliphatic rings. The van der Waals surface area contributed by atoms with Crippen molar-refractivity contribution in [1.82, 2.24) is 5.32 Å². The van der Waals surface area contributed by atoms with Crippen LogP contribution in [0.4, 0.5) is 0 Å². The summed E-state index contributed by atoms with van der Waals surface area (Å²) in [6.07, 6.45) is 0.909. The fourth-order valence-electron chi connectivity index (χ4n) is 2.21. The van der Waals surface area contributed by atoms with Crippen LogP contribution in [0.1, 0.15) is 30.5 Å². The lowest BCUT2D eigenvalue weighted by molar-refractivity contribution is 0.232. The largest absolute Gasteiger partial charge is 0.395 e. The Morgan fingerprint density at radius 3 is 1.74 bits per heavy atom. The highest BCUT2D eigenvalue weighted by Gasteiger charge is 2.16. The topological polar surface area (TPSA) is 32.3 Å². The van der Waals surface area contributed by atoms with Crippen molar-refractivity contribution in [3.05, 3.63) is 71.8 Å². The minimum absolute atomic E-state index is 0.116. The van der Waals surface area contributed by atoms with Crippen molar-refractivity contribution in [2.45, 2.75) is 25.4 Å². The normalized spacial score (nSPS) is 12.6. The predicted octanol–water partition coefficient (Wildman–Crippen LogP) is 3.14. The maximum absolute atomic E-state index is 9.41. The van der Waals surface area contributed by atoms with Crippen molar-refractivity contribution in [2.24, 2.45) is 0 Å². The van der Waals surface area contributed by atoms with Gasteiger partial charge in [0, 0.05) is 6.04 Å². The molecule has 0 amide bonds. The third-order valence-electron chi connectivity index (χ3n) is 3.38. The average molecular weight is 255 g/mol. The molecule has 0 saturated carbocycles. The standard InChI is InChI=1S/C17H21NO/c1-2-16(13-19)18-17(14-9-5-3-6-10-14)15-11-7-4-8-12-15/h3-12,16-19H,2,13H2,1H3/t16-/m1/s1. The van der Waals surface area contributed by atoms with E-state index in [1.807, 2.05) is 36.4 Å². The van der Waals surface area contributed by atoms with E-state index in [0.717, 1.165) is 6.42 Å². The molecule has 2 heteroatoms. The Kier molecular flexibility index (Phi) is 5.13. The van der Waals surface area contributed by atoms with Gasteiger partial charge >= 0.3 is 0 Å². The molecule has 0 heterocycles. The van der Waals surface area contributed by atoms with E-state index >= 15 is 0 Å². The van der Waals surface area contributed by atoms with Gasteiger partial charge in [0.05, 0.1) is 12.6 Å². The molecule has 0 spiro atoms. The molecule has 2 aromatic rings. The molecule has 0 aromatic heterocycles. The minimum Gasteiger partial charge on any atom is -0.395 e. The number of rotatable bonds is 6. The van der Waals surface area contributed by atoms with Crippen LogP contribution in [0.25, 0.3) is 0 Å². The van der Waals surface area contributed by atoms with Crippen LogP contribution in [0.2, 0.25) is 0 Å². The smallest absolute Gasteiger partial charge is 0.0584 e. The van der Waals surface area contributed by atoms with Gasteiger partial charge in [-0.15, -0.1) is 0 Å². The Morgan fingerprint density at radius 2 is 1.37 bits per heavy atom. The van der Waals surface area contributed by atoms with Crippen LogP contribution in [0.5, 0.6) is 0 Å². The Hall–Kier alpha value is -1.64. The molecule has 100 valence electrons. The molecule has 0 aliphatic carbocycles. The quantitative estimate of drug-likeness (QED) is 0.831. The lowest BCUT2D eigenvalue weighted by Crippen LogP contribution is -2.35. The number of aliphatic hydroxyl groups excluding tert-OH is 1. The summed E-state index contributed by atoms with van der Waals surface area (Å²) in [7, 11) is 0. The van der Waals surface area contributed by atoms with E-state index in [1.165, 1.54) is 11.1 Å². The van der Waals surface area contributed by atoms with Gasteiger partial charge < -0.3 is 10.4 Å². The summed E-state index contributed by atoms with van der Waals surface area (Å²) < 4.78 is 0. The summed E-state index contributed by atoms with van der Waals surface area (Å²) in [4.78, 5) is 0. The van der Waals surface area contributed by atoms with E-state index in [9.17, 15) is 5.11 Å². The highest BCUT2D eigenvalue weighted by Crippen LogP contribution is 2.22. The Labute approximate surface area is 115 Å². The van der Waals surface area contributed by atoms with E-state index < -0.39 is 0 Å². The zero-order chi connectivity index (χ0) is 13.5. The van der Waals surface area contributed by atoms with Gasteiger partial charge in [0.25, 0.3) is 0 Å². The molecule has 2 aromatic carbocycles. The fourth-order valence-corrected chi connectivity index (χ4v) is 2.21. The number of nitrogens with one attached hydrogen (secondary N) is 1. The molecule has 19 heavy (non-hydrogen) atoms. The van der Waals surface area contributed by atoms with Crippen molar-refractivity contribution in [3.63, 3.8) is 0 Å². The third kappa shape index (κ3) is 3.66. The first kappa shape index (κ1) is 13.8. The molecule has 2 nitrogen and oxygen atoms in total. The number of aliphatic hydroxyl groups is 1. The summed E-state index contributed by atoms with van der Waals surface area (Å²) in [6.45, 7) is 2.24. The zero-order valence-corrected chi connectivity index (χ0v) is 11.3. The van der Waals surface area contributed by atoms with Gasteiger partial charge in [0.1, 0.15) is 0 Å². The first-order chi connectivity index (χ1) is 9.35. The van der Waals surface area contributed by atoms with Crippen molar-refractivity contribution in [1.29, 1.82) is 0 Å². The summed E-state index contributed by atoms with van der Waals surface area (Å²) in [5.74, 6) is 0. The Morgan fingerprint density at radius 1 is 0.895 bits per heavy atom. The first-order valence-electron chi connectivity index (χ1n) is 6.82. The van der Waals surface area contributed by atoms with E-state index in [0.29, 0.717) is 0 Å². The average Bonchev–Trinajstić information content (AvgIpc) is 2.50. The predicted molar refractivity (Wildman–Crippen MR) is 79.0 cm³/mol. The van der Waals surface area contributed by atoms with Gasteiger partial charge in [-0.25, -0.2) is 0 Å². The Bertz CT molecular complexity index is 426. The van der Waals surface area contributed by atoms with Crippen molar-refractivity contribution in [3.8, 4) is 0 Å². The maximum atomic E-state index is 9.41. The molecule has 0 aliphatic heterocycles. The van der Waals surface area contributed by atoms with Gasteiger partial charge in [0.2, 0.25) is 0 Å². The second-order valence-electron chi connectivity index (χ2n) is 4.71. The summed E-state index contributed by atoms with van der Waals surface area (Å²) in [5, 5.41) is 12.9. The lowest BCUT2D eigenvalue weighted by atomic mass is 9.97. The fraction of sp³-hybridized carbons (Fsp3) is 0.294. The van der Waals surface area contributed by atoms with Crippen LogP contribution >= 0.6 is 0 Å². The van der Waals surface area contributed by atoms with E-state index in [2.05, 4.69) is 36.5 Å². The van der Waals surface area contributed by atoms with Gasteiger partial charge in [-0.1, -0.05) is 67.6 Å². The second-order valence-corrected chi connectivity index (χ2v) is 4.71. The van der Waals surface area contributed by atoms with E-state index in [1.54, 1.807) is 0 Å². The molecule has 0 saturated heterocycles. The van der Waals surface area contributed by atoms with Gasteiger partial charge in [-0.2, -0.15) is 0 Å². The molecule has 0 unspecified atom stereocenters. The number of hydrogen-bond donors (Lipinski definition) is 2. The number of hydrogen-bond acceptors (Lipinski definition) is 2. The maximum Gasteiger partial charge on any atom is 0.0584 e. The van der Waals surface area contributed by atoms with Crippen LogP contribution in [-0.4, -0.2) is 17.8 Å². The van der Waals surface area contributed by atoms with Gasteiger partial charge in [-0.05, 0) is 17.5 Å². The monoisotopic (exact) mass is 255 g/mol. The highest BCUT2D eigenvalue weighted by molar-refractivity contribution is 5.31. The number of benzene rings is 2. The minimum atomic E-state index is 0.116. The summed E-state index contributed by atoms with van der Waals surface area (Å²) in [5.41, 5.74) is 2.45. The van der Waals surface area contributed by atoms with Crippen LogP contribution in [-0.2, 0) is 0 Å². The molecule has 0 bridgehead atoms. The van der Waals surface area contributed by atoms with Gasteiger partial charge in [0.15, 0.2) is 0 Å². The first-order valence-corrected chi connectivity index (χ1v) is 6.82. The van der Waals surface area contributed by atoms with Crippen LogP contribution in [0.3, 0.4) is 0 Å². The molecular weight excluding hydrogens is 234 g/mol. The molecule has 2 rings (SSSR count). The highest BCUT2D eigenvalue weighted by atomic mass is 16.3. The van der Waals surface area contributed by atoms with Gasteiger partial charge in [-0.3, -0.25) is 0 Å². The zero-order valence-electron chi connectivity index (χ0n) is 11.3. The van der Waals surface area contributed by atoms with Crippen molar-refractivity contribution in [2.75, 3.05) is 6.61 Å². The van der Waals surface area contributed by atoms with Crippen LogP contribution in [0, 0.1) is 0 Å². The summed E-state index contributed by atoms with van der Waals surface area (Å²) >= 11 is 0. The molecule has 2 N–H and O–H groups in total. The van der Waals surface area contributed by atoms with Crippen LogP contribution < -0.4 is 5.32 Å². The molecule has 0 radical (unpaired) electrons. The third-order valence-corrected chi connectivity index (χ3v) is 3.38. The van der Waals surface area contributed by atoms with E-state index in [-0.39, 0.29) is 18.7 Å². The second kappa shape index (κ2) is 7.07. The van der Waals surface area contributed by atoms with E-state index in [4.69, 9.17) is 0 Å². The van der Waals surface area contributed by atoms with Crippen LogP contribution in [0.15, 0.2) is 60.7 Å². The molecular formula is C17H21NO. The SMILES string of the molecule is CC[C@H](CO)NC(c1ccccc1)c1ccccc1. The van der Waals surface area contributed by atoms with Crippen molar-refractivity contribution >= 4 is 0 Å². The molecule has 1 atom stereocenters. The van der Waals surface area contributed by atoms with Crippen molar-refractivity contribution < 1.29 is 5.11 Å². The Balaban J connectivity index is 2.29. The lowest BCUT2D eigenvalue weighted by Gasteiger charge is -2.24. The summed E-state index contributed by atoms with van der Waals surface area (Å²) in [6, 6.07) is 21.0. The molecule has 0 fully saturated rings.